The summed E-state index contributed by atoms with van der Waals surface area (Å²) in [6, 6.07) is 0. The smallest absolute Gasteiger partial charge is 0.185 e. The summed E-state index contributed by atoms with van der Waals surface area (Å²) < 4.78 is 0. The highest BCUT2D eigenvalue weighted by Gasteiger charge is 2.30. The Morgan fingerprint density at radius 1 is 1.75 bits per heavy atom. The van der Waals surface area contributed by atoms with Crippen LogP contribution in [0.1, 0.15) is 19.3 Å². The summed E-state index contributed by atoms with van der Waals surface area (Å²) in [5, 5.41) is 2.28. The lowest BCUT2D eigenvalue weighted by molar-refractivity contribution is 0.452. The van der Waals surface area contributed by atoms with Gasteiger partial charge in [-0.3, -0.25) is 5.01 Å². The molecular formula is C8H13N3S. The highest BCUT2D eigenvalue weighted by molar-refractivity contribution is 7.80. The largest absolute Gasteiger partial charge is 0.375 e. The van der Waals surface area contributed by atoms with Gasteiger partial charge < -0.3 is 5.73 Å². The lowest BCUT2D eigenvalue weighted by Crippen LogP contribution is -2.39. The van der Waals surface area contributed by atoms with Gasteiger partial charge in [0.05, 0.1) is 0 Å². The number of nitrogens with one attached hydrogen (secondary N) is 1. The molecule has 0 aromatic carbocycles. The zero-order valence-corrected chi connectivity index (χ0v) is 7.73. The Morgan fingerprint density at radius 3 is 3.33 bits per heavy atom. The van der Waals surface area contributed by atoms with Gasteiger partial charge in [-0.2, -0.15) is 0 Å². The van der Waals surface area contributed by atoms with Crippen LogP contribution in [0, 0.1) is 5.92 Å². The van der Waals surface area contributed by atoms with Crippen molar-refractivity contribution in [3.63, 3.8) is 0 Å². The lowest BCUT2D eigenvalue weighted by atomic mass is 9.94. The Kier molecular flexibility index (Phi) is 2.02. The first kappa shape index (κ1) is 8.01. The molecule has 3 N–H and O–H groups in total. The highest BCUT2D eigenvalue weighted by Crippen LogP contribution is 2.29. The monoisotopic (exact) mass is 183 g/mol. The fourth-order valence-corrected chi connectivity index (χ4v) is 2.08. The van der Waals surface area contributed by atoms with Crippen molar-refractivity contribution >= 4 is 17.3 Å². The number of allylic oxidation sites excluding steroid dienone is 1. The first-order valence-corrected chi connectivity index (χ1v) is 4.73. The number of hydrazine groups is 1. The maximum absolute atomic E-state index is 5.56. The molecule has 0 spiro atoms. The third-order valence-corrected chi connectivity index (χ3v) is 2.69. The van der Waals surface area contributed by atoms with E-state index >= 15 is 0 Å². The summed E-state index contributed by atoms with van der Waals surface area (Å²) in [5.41, 5.74) is 10.0. The first-order valence-electron chi connectivity index (χ1n) is 4.32. The molecule has 1 aliphatic carbocycles. The number of nitrogens with two attached hydrogens (primary N) is 1. The zero-order valence-electron chi connectivity index (χ0n) is 6.92. The average Bonchev–Trinajstić information content (AvgIpc) is 2.47. The first-order chi connectivity index (χ1) is 5.79. The van der Waals surface area contributed by atoms with E-state index in [1.807, 2.05) is 5.01 Å². The molecule has 2 aliphatic rings. The highest BCUT2D eigenvalue weighted by atomic mass is 32.1. The van der Waals surface area contributed by atoms with Crippen LogP contribution in [-0.2, 0) is 0 Å². The third-order valence-electron chi connectivity index (χ3n) is 2.50. The van der Waals surface area contributed by atoms with Gasteiger partial charge in [0.25, 0.3) is 0 Å². The van der Waals surface area contributed by atoms with E-state index in [1.165, 1.54) is 18.5 Å². The van der Waals surface area contributed by atoms with Crippen molar-refractivity contribution in [1.29, 1.82) is 0 Å². The van der Waals surface area contributed by atoms with Crippen molar-refractivity contribution in [2.45, 2.75) is 19.3 Å². The van der Waals surface area contributed by atoms with Gasteiger partial charge in [-0.1, -0.05) is 6.08 Å². The number of hydrogen-bond donors (Lipinski definition) is 2. The van der Waals surface area contributed by atoms with E-state index in [2.05, 4.69) is 11.5 Å². The molecule has 2 rings (SSSR count). The third kappa shape index (κ3) is 1.21. The minimum Gasteiger partial charge on any atom is -0.375 e. The number of hydrogen-bond acceptors (Lipinski definition) is 2. The molecule has 0 aromatic heterocycles. The predicted molar refractivity (Wildman–Crippen MR) is 52.1 cm³/mol. The van der Waals surface area contributed by atoms with Gasteiger partial charge in [0.2, 0.25) is 0 Å². The molecule has 1 fully saturated rings. The fraction of sp³-hybridized carbons (Fsp3) is 0.625. The topological polar surface area (TPSA) is 41.3 Å². The summed E-state index contributed by atoms with van der Waals surface area (Å²) >= 11 is 4.92. The fourth-order valence-electron chi connectivity index (χ4n) is 1.91. The molecule has 1 aliphatic heterocycles. The van der Waals surface area contributed by atoms with Crippen molar-refractivity contribution in [3.8, 4) is 0 Å². The number of fused-ring (bicyclic) bond motifs is 1. The van der Waals surface area contributed by atoms with Gasteiger partial charge in [0, 0.05) is 18.2 Å². The van der Waals surface area contributed by atoms with Crippen LogP contribution >= 0.6 is 12.2 Å². The van der Waals surface area contributed by atoms with Crippen molar-refractivity contribution in [2.24, 2.45) is 11.7 Å². The molecule has 0 bridgehead atoms. The molecule has 66 valence electrons. The van der Waals surface area contributed by atoms with E-state index < -0.39 is 0 Å². The van der Waals surface area contributed by atoms with Crippen LogP contribution in [0.2, 0.25) is 0 Å². The molecule has 1 saturated heterocycles. The number of nitrogens with zero attached hydrogens (tertiary/aromatic N) is 1. The van der Waals surface area contributed by atoms with Crippen LogP contribution in [0.25, 0.3) is 0 Å². The van der Waals surface area contributed by atoms with Crippen LogP contribution in [0.5, 0.6) is 0 Å². The second kappa shape index (κ2) is 3.03. The number of thiocarbonyl (C=S) groups is 1. The molecule has 12 heavy (non-hydrogen) atoms. The molecular weight excluding hydrogens is 170 g/mol. The van der Waals surface area contributed by atoms with Crippen molar-refractivity contribution in [2.75, 3.05) is 6.54 Å². The van der Waals surface area contributed by atoms with E-state index in [4.69, 9.17) is 18.0 Å². The lowest BCUT2D eigenvalue weighted by Gasteiger charge is -2.22. The standard InChI is InChI=1S/C8H13N3S/c9-8(12)11-7-4-2-1-3-6(7)5-10-11/h4,6,10H,1-3,5H2,(H2,9,12). The van der Waals surface area contributed by atoms with E-state index in [1.54, 1.807) is 0 Å². The summed E-state index contributed by atoms with van der Waals surface area (Å²) in [6.07, 6.45) is 5.96. The molecule has 0 radical (unpaired) electrons. The quantitative estimate of drug-likeness (QED) is 0.543. The van der Waals surface area contributed by atoms with E-state index in [9.17, 15) is 0 Å². The van der Waals surface area contributed by atoms with Gasteiger partial charge in [0.15, 0.2) is 5.11 Å². The molecule has 1 heterocycles. The molecule has 1 atom stereocenters. The molecule has 3 nitrogen and oxygen atoms in total. The van der Waals surface area contributed by atoms with Gasteiger partial charge in [0.1, 0.15) is 0 Å². The van der Waals surface area contributed by atoms with Gasteiger partial charge in [-0.15, -0.1) is 0 Å². The normalized spacial score (nSPS) is 28.2. The SMILES string of the molecule is NC(=S)N1NCC2CCCC=C21. The Balaban J connectivity index is 2.20. The van der Waals surface area contributed by atoms with Crippen molar-refractivity contribution in [3.05, 3.63) is 11.8 Å². The Labute approximate surface area is 77.6 Å². The van der Waals surface area contributed by atoms with Crippen molar-refractivity contribution < 1.29 is 0 Å². The van der Waals surface area contributed by atoms with Crippen LogP contribution in [0.4, 0.5) is 0 Å². The number of rotatable bonds is 0. The Hall–Kier alpha value is -0.610. The molecule has 1 unspecified atom stereocenters. The molecule has 0 amide bonds. The average molecular weight is 183 g/mol. The predicted octanol–water partition coefficient (Wildman–Crippen LogP) is 0.734. The maximum Gasteiger partial charge on any atom is 0.185 e. The summed E-state index contributed by atoms with van der Waals surface area (Å²) in [6.45, 7) is 0.989. The molecule has 0 aromatic rings. The second-order valence-corrected chi connectivity index (χ2v) is 3.71. The van der Waals surface area contributed by atoms with Crippen LogP contribution in [-0.4, -0.2) is 16.7 Å². The van der Waals surface area contributed by atoms with Gasteiger partial charge in [-0.05, 0) is 31.5 Å². The van der Waals surface area contributed by atoms with E-state index in [0.717, 1.165) is 13.0 Å². The van der Waals surface area contributed by atoms with Gasteiger partial charge >= 0.3 is 0 Å². The minimum atomic E-state index is 0.436. The Bertz CT molecular complexity index is 236. The zero-order chi connectivity index (χ0) is 8.55. The summed E-state index contributed by atoms with van der Waals surface area (Å²) in [4.78, 5) is 0. The maximum atomic E-state index is 5.56. The van der Waals surface area contributed by atoms with Gasteiger partial charge in [-0.25, -0.2) is 5.43 Å². The van der Waals surface area contributed by atoms with Crippen LogP contribution in [0.3, 0.4) is 0 Å². The van der Waals surface area contributed by atoms with E-state index in [-0.39, 0.29) is 0 Å². The molecule has 4 heteroatoms. The second-order valence-electron chi connectivity index (χ2n) is 3.29. The van der Waals surface area contributed by atoms with Crippen LogP contribution in [0.15, 0.2) is 11.8 Å². The molecule has 0 saturated carbocycles. The summed E-state index contributed by atoms with van der Waals surface area (Å²) in [7, 11) is 0. The minimum absolute atomic E-state index is 0.436. The van der Waals surface area contributed by atoms with Crippen molar-refractivity contribution in [1.82, 2.24) is 10.4 Å². The summed E-state index contributed by atoms with van der Waals surface area (Å²) in [5.74, 6) is 0.639. The van der Waals surface area contributed by atoms with Crippen LogP contribution < -0.4 is 11.2 Å². The Morgan fingerprint density at radius 2 is 2.58 bits per heavy atom. The van der Waals surface area contributed by atoms with E-state index in [0.29, 0.717) is 11.0 Å².